The monoisotopic (exact) mass is 220 g/mol. The van der Waals surface area contributed by atoms with E-state index < -0.39 is 0 Å². The van der Waals surface area contributed by atoms with Crippen molar-refractivity contribution in [2.75, 3.05) is 13.1 Å². The summed E-state index contributed by atoms with van der Waals surface area (Å²) in [7, 11) is 0. The van der Waals surface area contributed by atoms with E-state index in [4.69, 9.17) is 0 Å². The second kappa shape index (κ2) is 3.06. The zero-order valence-electron chi connectivity index (χ0n) is 9.66. The number of aryl methyl sites for hydroxylation is 1. The fraction of sp³-hybridized carbons (Fsp3) is 0.727. The molecule has 0 bridgehead atoms. The molecular weight excluding hydrogens is 204 g/mol. The minimum atomic E-state index is 0.0336. The van der Waals surface area contributed by atoms with Gasteiger partial charge in [-0.15, -0.1) is 0 Å². The van der Waals surface area contributed by atoms with Crippen LogP contribution in [0.5, 0.6) is 0 Å². The predicted molar refractivity (Wildman–Crippen MR) is 57.9 cm³/mol. The highest BCUT2D eigenvalue weighted by molar-refractivity contribution is 5.93. The molecule has 1 aromatic heterocycles. The van der Waals surface area contributed by atoms with Gasteiger partial charge in [0.1, 0.15) is 0 Å². The average Bonchev–Trinajstić information content (AvgIpc) is 2.64. The third kappa shape index (κ3) is 1.20. The van der Waals surface area contributed by atoms with E-state index in [1.165, 1.54) is 12.8 Å². The molecule has 5 nitrogen and oxygen atoms in total. The fourth-order valence-corrected chi connectivity index (χ4v) is 2.93. The minimum absolute atomic E-state index is 0.0336. The Morgan fingerprint density at radius 2 is 2.44 bits per heavy atom. The standard InChI is InChI=1S/C11H16N4O/c1-3-11-4-8(11)5-15(6-11)10(16)9-7(2)12-14-13-9/h8H,3-6H2,1-2H3,(H,12,13,14). The maximum atomic E-state index is 12.2. The summed E-state index contributed by atoms with van der Waals surface area (Å²) in [6, 6.07) is 0. The van der Waals surface area contributed by atoms with Crippen LogP contribution in [0.15, 0.2) is 0 Å². The van der Waals surface area contributed by atoms with Crippen molar-refractivity contribution in [2.24, 2.45) is 11.3 Å². The molecule has 3 rings (SSSR count). The van der Waals surface area contributed by atoms with Gasteiger partial charge in [-0.05, 0) is 31.1 Å². The first-order valence-electron chi connectivity index (χ1n) is 5.83. The molecule has 2 unspecified atom stereocenters. The van der Waals surface area contributed by atoms with Gasteiger partial charge in [0.25, 0.3) is 5.91 Å². The Morgan fingerprint density at radius 1 is 1.62 bits per heavy atom. The molecule has 86 valence electrons. The first kappa shape index (κ1) is 9.81. The molecule has 1 saturated carbocycles. The Hall–Kier alpha value is -1.39. The van der Waals surface area contributed by atoms with Crippen LogP contribution in [0.3, 0.4) is 0 Å². The van der Waals surface area contributed by atoms with Gasteiger partial charge in [0.05, 0.1) is 5.69 Å². The molecule has 1 N–H and O–H groups in total. The first-order valence-corrected chi connectivity index (χ1v) is 5.83. The number of amides is 1. The molecule has 1 saturated heterocycles. The van der Waals surface area contributed by atoms with E-state index in [2.05, 4.69) is 22.3 Å². The third-order valence-corrected chi connectivity index (χ3v) is 4.22. The highest BCUT2D eigenvalue weighted by Gasteiger charge is 2.59. The number of nitrogens with zero attached hydrogens (tertiary/aromatic N) is 3. The van der Waals surface area contributed by atoms with E-state index >= 15 is 0 Å². The molecule has 1 amide bonds. The van der Waals surface area contributed by atoms with E-state index in [0.717, 1.165) is 19.0 Å². The lowest BCUT2D eigenvalue weighted by molar-refractivity contribution is 0.0757. The molecule has 2 fully saturated rings. The van der Waals surface area contributed by atoms with Crippen molar-refractivity contribution in [1.29, 1.82) is 0 Å². The lowest BCUT2D eigenvalue weighted by Crippen LogP contribution is -2.32. The molecule has 2 aliphatic rings. The summed E-state index contributed by atoms with van der Waals surface area (Å²) in [5.74, 6) is 0.764. The van der Waals surface area contributed by atoms with E-state index in [-0.39, 0.29) is 5.91 Å². The number of fused-ring (bicyclic) bond motifs is 1. The highest BCUT2D eigenvalue weighted by Crippen LogP contribution is 2.59. The van der Waals surface area contributed by atoms with Gasteiger partial charge in [0.15, 0.2) is 5.69 Å². The Balaban J connectivity index is 1.77. The van der Waals surface area contributed by atoms with Crippen molar-refractivity contribution >= 4 is 5.91 Å². The number of carbonyl (C=O) groups is 1. The van der Waals surface area contributed by atoms with Gasteiger partial charge in [0, 0.05) is 13.1 Å². The zero-order chi connectivity index (χ0) is 11.3. The number of aromatic amines is 1. The first-order chi connectivity index (χ1) is 7.66. The molecule has 0 aromatic carbocycles. The molecule has 16 heavy (non-hydrogen) atoms. The van der Waals surface area contributed by atoms with Crippen LogP contribution in [0.2, 0.25) is 0 Å². The summed E-state index contributed by atoms with van der Waals surface area (Å²) in [4.78, 5) is 14.1. The van der Waals surface area contributed by atoms with Crippen molar-refractivity contribution in [3.8, 4) is 0 Å². The molecule has 1 aliphatic heterocycles. The lowest BCUT2D eigenvalue weighted by Gasteiger charge is -2.19. The second-order valence-corrected chi connectivity index (χ2v) is 5.06. The Bertz CT molecular complexity index is 437. The molecule has 2 atom stereocenters. The molecule has 1 aliphatic carbocycles. The molecule has 0 radical (unpaired) electrons. The van der Waals surface area contributed by atoms with Gasteiger partial charge in [-0.1, -0.05) is 6.92 Å². The van der Waals surface area contributed by atoms with Crippen LogP contribution in [-0.4, -0.2) is 39.3 Å². The maximum Gasteiger partial charge on any atom is 0.276 e. The van der Waals surface area contributed by atoms with Crippen molar-refractivity contribution in [3.05, 3.63) is 11.4 Å². The van der Waals surface area contributed by atoms with Crippen LogP contribution in [0.4, 0.5) is 0 Å². The summed E-state index contributed by atoms with van der Waals surface area (Å²) in [5.41, 5.74) is 1.61. The van der Waals surface area contributed by atoms with Gasteiger partial charge in [0.2, 0.25) is 0 Å². The van der Waals surface area contributed by atoms with E-state index in [1.54, 1.807) is 0 Å². The number of likely N-dealkylation sites (tertiary alicyclic amines) is 1. The normalized spacial score (nSPS) is 31.6. The molecule has 5 heteroatoms. The second-order valence-electron chi connectivity index (χ2n) is 5.06. The van der Waals surface area contributed by atoms with Gasteiger partial charge in [-0.3, -0.25) is 4.79 Å². The van der Waals surface area contributed by atoms with Crippen LogP contribution >= 0.6 is 0 Å². The van der Waals surface area contributed by atoms with Crippen molar-refractivity contribution in [1.82, 2.24) is 20.3 Å². The number of rotatable bonds is 2. The van der Waals surface area contributed by atoms with Crippen LogP contribution in [-0.2, 0) is 0 Å². The lowest BCUT2D eigenvalue weighted by atomic mass is 10.0. The third-order valence-electron chi connectivity index (χ3n) is 4.22. The van der Waals surface area contributed by atoms with Crippen molar-refractivity contribution in [2.45, 2.75) is 26.7 Å². The van der Waals surface area contributed by atoms with Crippen LogP contribution in [0.25, 0.3) is 0 Å². The number of carbonyl (C=O) groups excluding carboxylic acids is 1. The number of hydrogen-bond donors (Lipinski definition) is 1. The summed E-state index contributed by atoms with van der Waals surface area (Å²) < 4.78 is 0. The minimum Gasteiger partial charge on any atom is -0.336 e. The molecule has 2 heterocycles. The number of aromatic nitrogens is 3. The van der Waals surface area contributed by atoms with Crippen molar-refractivity contribution in [3.63, 3.8) is 0 Å². The van der Waals surface area contributed by atoms with Gasteiger partial charge >= 0.3 is 0 Å². The molecule has 1 aromatic rings. The summed E-state index contributed by atoms with van der Waals surface area (Å²) in [6.45, 7) is 5.83. The predicted octanol–water partition coefficient (Wildman–Crippen LogP) is 0.985. The zero-order valence-corrected chi connectivity index (χ0v) is 9.66. The van der Waals surface area contributed by atoms with Gasteiger partial charge in [-0.2, -0.15) is 15.4 Å². The smallest absolute Gasteiger partial charge is 0.276 e. The van der Waals surface area contributed by atoms with Crippen LogP contribution < -0.4 is 0 Å². The number of H-pyrrole nitrogens is 1. The molecule has 0 spiro atoms. The van der Waals surface area contributed by atoms with E-state index in [0.29, 0.717) is 16.8 Å². The number of hydrogen-bond acceptors (Lipinski definition) is 3. The summed E-state index contributed by atoms with van der Waals surface area (Å²) in [5, 5.41) is 10.3. The Morgan fingerprint density at radius 3 is 3.00 bits per heavy atom. The largest absolute Gasteiger partial charge is 0.336 e. The topological polar surface area (TPSA) is 61.9 Å². The Labute approximate surface area is 94.2 Å². The van der Waals surface area contributed by atoms with Gasteiger partial charge < -0.3 is 4.90 Å². The number of piperidine rings is 1. The fourth-order valence-electron chi connectivity index (χ4n) is 2.93. The maximum absolute atomic E-state index is 12.2. The Kier molecular flexibility index (Phi) is 1.87. The molecular formula is C11H16N4O. The van der Waals surface area contributed by atoms with Crippen molar-refractivity contribution < 1.29 is 4.79 Å². The van der Waals surface area contributed by atoms with Crippen LogP contribution in [0.1, 0.15) is 35.9 Å². The SMILES string of the molecule is CCC12CC1CN(C(=O)c1n[nH]nc1C)C2. The van der Waals surface area contributed by atoms with E-state index in [1.807, 2.05) is 11.8 Å². The average molecular weight is 220 g/mol. The number of nitrogens with one attached hydrogen (secondary N) is 1. The summed E-state index contributed by atoms with van der Waals surface area (Å²) in [6.07, 6.45) is 2.48. The van der Waals surface area contributed by atoms with E-state index in [9.17, 15) is 4.79 Å². The highest BCUT2D eigenvalue weighted by atomic mass is 16.2. The summed E-state index contributed by atoms with van der Waals surface area (Å²) >= 11 is 0. The van der Waals surface area contributed by atoms with Crippen LogP contribution in [0, 0.1) is 18.3 Å². The van der Waals surface area contributed by atoms with Gasteiger partial charge in [-0.25, -0.2) is 0 Å². The quantitative estimate of drug-likeness (QED) is 0.808.